The second-order valence-electron chi connectivity index (χ2n) is 5.66. The van der Waals surface area contributed by atoms with Crippen LogP contribution in [0.4, 0.5) is 0 Å². The van der Waals surface area contributed by atoms with Crippen LogP contribution in [0.5, 0.6) is 5.75 Å². The molecule has 25 heavy (non-hydrogen) atoms. The summed E-state index contributed by atoms with van der Waals surface area (Å²) >= 11 is 17.7. The Balaban J connectivity index is 2.20. The number of hydrogen-bond acceptors (Lipinski definition) is 4. The van der Waals surface area contributed by atoms with E-state index in [2.05, 4.69) is 6.92 Å². The van der Waals surface area contributed by atoms with Crippen LogP contribution in [0.2, 0.25) is 15.1 Å². The number of halogens is 3. The molecule has 0 bridgehead atoms. The Kier molecular flexibility index (Phi) is 10.9. The number of hydrogen-bond donors (Lipinski definition) is 0. The molecule has 0 spiro atoms. The van der Waals surface area contributed by atoms with Gasteiger partial charge in [0.15, 0.2) is 5.75 Å². The molecule has 4 nitrogen and oxygen atoms in total. The molecule has 0 saturated heterocycles. The summed E-state index contributed by atoms with van der Waals surface area (Å²) in [5.74, 6) is -0.543. The summed E-state index contributed by atoms with van der Waals surface area (Å²) in [5, 5.41) is 0.698. The maximum absolute atomic E-state index is 11.8. The molecule has 140 valence electrons. The van der Waals surface area contributed by atoms with Gasteiger partial charge in [-0.3, -0.25) is 9.59 Å². The standard InChI is InChI=1S/C18H23Cl3O4/c1-2-3-4-7-10-24-16(22)8-5-6-9-17(23)25-15-12-13(19)11-14(20)18(15)21/h11-12H,2-10H2,1H3. The molecule has 0 aliphatic carbocycles. The van der Waals surface area contributed by atoms with E-state index in [-0.39, 0.29) is 28.2 Å². The zero-order valence-corrected chi connectivity index (χ0v) is 16.6. The van der Waals surface area contributed by atoms with Gasteiger partial charge in [0.25, 0.3) is 0 Å². The number of carbonyl (C=O) groups excluding carboxylic acids is 2. The molecular weight excluding hydrogens is 387 g/mol. The van der Waals surface area contributed by atoms with Gasteiger partial charge in [0, 0.05) is 23.9 Å². The van der Waals surface area contributed by atoms with Gasteiger partial charge in [-0.05, 0) is 25.3 Å². The summed E-state index contributed by atoms with van der Waals surface area (Å²) in [4.78, 5) is 23.4. The topological polar surface area (TPSA) is 52.6 Å². The van der Waals surface area contributed by atoms with Crippen molar-refractivity contribution in [2.45, 2.75) is 58.3 Å². The summed E-state index contributed by atoms with van der Waals surface area (Å²) in [6, 6.07) is 2.90. The highest BCUT2D eigenvalue weighted by atomic mass is 35.5. The van der Waals surface area contributed by atoms with Gasteiger partial charge in [-0.25, -0.2) is 0 Å². The predicted molar refractivity (Wildman–Crippen MR) is 101 cm³/mol. The fourth-order valence-electron chi connectivity index (χ4n) is 2.11. The molecule has 0 aromatic heterocycles. The summed E-state index contributed by atoms with van der Waals surface area (Å²) in [6.07, 6.45) is 5.83. The van der Waals surface area contributed by atoms with Crippen molar-refractivity contribution in [3.8, 4) is 5.75 Å². The van der Waals surface area contributed by atoms with E-state index in [0.717, 1.165) is 25.7 Å². The van der Waals surface area contributed by atoms with Gasteiger partial charge in [-0.15, -0.1) is 0 Å². The lowest BCUT2D eigenvalue weighted by Gasteiger charge is -2.08. The smallest absolute Gasteiger partial charge is 0.311 e. The Bertz CT molecular complexity index is 576. The van der Waals surface area contributed by atoms with Crippen LogP contribution in [0.25, 0.3) is 0 Å². The van der Waals surface area contributed by atoms with Crippen LogP contribution in [-0.4, -0.2) is 18.5 Å². The summed E-state index contributed by atoms with van der Waals surface area (Å²) in [7, 11) is 0. The normalized spacial score (nSPS) is 10.6. The second-order valence-corrected chi connectivity index (χ2v) is 6.88. The van der Waals surface area contributed by atoms with E-state index in [1.807, 2.05) is 0 Å². The van der Waals surface area contributed by atoms with Crippen LogP contribution in [0.1, 0.15) is 58.3 Å². The maximum atomic E-state index is 11.8. The Hall–Kier alpha value is -0.970. The van der Waals surface area contributed by atoms with E-state index in [9.17, 15) is 9.59 Å². The van der Waals surface area contributed by atoms with Crippen molar-refractivity contribution in [2.75, 3.05) is 6.61 Å². The lowest BCUT2D eigenvalue weighted by atomic mass is 10.2. The number of rotatable bonds is 11. The molecule has 1 rings (SSSR count). The van der Waals surface area contributed by atoms with Crippen molar-refractivity contribution in [1.82, 2.24) is 0 Å². The summed E-state index contributed by atoms with van der Waals surface area (Å²) < 4.78 is 10.3. The molecule has 0 atom stereocenters. The van der Waals surface area contributed by atoms with Crippen molar-refractivity contribution in [1.29, 1.82) is 0 Å². The number of ether oxygens (including phenoxy) is 2. The van der Waals surface area contributed by atoms with E-state index in [1.165, 1.54) is 12.1 Å². The van der Waals surface area contributed by atoms with E-state index in [4.69, 9.17) is 44.3 Å². The van der Waals surface area contributed by atoms with E-state index >= 15 is 0 Å². The van der Waals surface area contributed by atoms with Crippen LogP contribution in [0.3, 0.4) is 0 Å². The average molecular weight is 410 g/mol. The first-order chi connectivity index (χ1) is 11.9. The summed E-state index contributed by atoms with van der Waals surface area (Å²) in [6.45, 7) is 2.60. The predicted octanol–water partition coefficient (Wildman–Crippen LogP) is 6.24. The van der Waals surface area contributed by atoms with Gasteiger partial charge in [0.1, 0.15) is 5.02 Å². The van der Waals surface area contributed by atoms with Crippen molar-refractivity contribution in [3.05, 3.63) is 27.2 Å². The molecule has 0 N–H and O–H groups in total. The average Bonchev–Trinajstić information content (AvgIpc) is 2.56. The minimum Gasteiger partial charge on any atom is -0.466 e. The van der Waals surface area contributed by atoms with Crippen LogP contribution in [-0.2, 0) is 14.3 Å². The molecule has 0 fully saturated rings. The van der Waals surface area contributed by atoms with E-state index in [0.29, 0.717) is 30.9 Å². The largest absolute Gasteiger partial charge is 0.466 e. The maximum Gasteiger partial charge on any atom is 0.311 e. The third-order valence-corrected chi connectivity index (χ3v) is 4.46. The van der Waals surface area contributed by atoms with Crippen LogP contribution >= 0.6 is 34.8 Å². The van der Waals surface area contributed by atoms with E-state index < -0.39 is 5.97 Å². The lowest BCUT2D eigenvalue weighted by molar-refractivity contribution is -0.144. The fourth-order valence-corrected chi connectivity index (χ4v) is 2.73. The Labute approximate surface area is 163 Å². The highest BCUT2D eigenvalue weighted by Crippen LogP contribution is 2.35. The molecule has 0 saturated carbocycles. The van der Waals surface area contributed by atoms with E-state index in [1.54, 1.807) is 0 Å². The lowest BCUT2D eigenvalue weighted by Crippen LogP contribution is -2.09. The number of unbranched alkanes of at least 4 members (excludes halogenated alkanes) is 4. The van der Waals surface area contributed by atoms with Gasteiger partial charge in [0.05, 0.1) is 11.6 Å². The molecule has 1 aromatic carbocycles. The van der Waals surface area contributed by atoms with Gasteiger partial charge < -0.3 is 9.47 Å². The second kappa shape index (κ2) is 12.4. The van der Waals surface area contributed by atoms with Gasteiger partial charge in [0.2, 0.25) is 0 Å². The molecule has 0 radical (unpaired) electrons. The molecule has 0 aliphatic heterocycles. The SMILES string of the molecule is CCCCCCOC(=O)CCCCC(=O)Oc1cc(Cl)cc(Cl)c1Cl. The Morgan fingerprint density at radius 2 is 1.60 bits per heavy atom. The van der Waals surface area contributed by atoms with Gasteiger partial charge in [-0.2, -0.15) is 0 Å². The minimum absolute atomic E-state index is 0.135. The third-order valence-electron chi connectivity index (χ3n) is 3.46. The van der Waals surface area contributed by atoms with Crippen LogP contribution < -0.4 is 4.74 Å². The van der Waals surface area contributed by atoms with Crippen molar-refractivity contribution < 1.29 is 19.1 Å². The number of carbonyl (C=O) groups is 2. The highest BCUT2D eigenvalue weighted by molar-refractivity contribution is 6.44. The molecule has 0 aliphatic rings. The zero-order chi connectivity index (χ0) is 18.7. The first-order valence-corrected chi connectivity index (χ1v) is 9.58. The van der Waals surface area contributed by atoms with Crippen molar-refractivity contribution in [3.63, 3.8) is 0 Å². The molecule has 7 heteroatoms. The first-order valence-electron chi connectivity index (χ1n) is 8.45. The number of benzene rings is 1. The molecule has 1 aromatic rings. The quantitative estimate of drug-likeness (QED) is 0.188. The van der Waals surface area contributed by atoms with Gasteiger partial charge in [-0.1, -0.05) is 61.0 Å². The van der Waals surface area contributed by atoms with Gasteiger partial charge >= 0.3 is 11.9 Å². The minimum atomic E-state index is -0.451. The molecule has 0 unspecified atom stereocenters. The van der Waals surface area contributed by atoms with Crippen LogP contribution in [0.15, 0.2) is 12.1 Å². The molecular formula is C18H23Cl3O4. The first kappa shape index (κ1) is 22.1. The van der Waals surface area contributed by atoms with Crippen LogP contribution in [0, 0.1) is 0 Å². The monoisotopic (exact) mass is 408 g/mol. The summed E-state index contributed by atoms with van der Waals surface area (Å²) in [5.41, 5.74) is 0. The Morgan fingerprint density at radius 3 is 2.28 bits per heavy atom. The number of esters is 2. The zero-order valence-electron chi connectivity index (χ0n) is 14.3. The highest BCUT2D eigenvalue weighted by Gasteiger charge is 2.13. The van der Waals surface area contributed by atoms with Crippen molar-refractivity contribution in [2.24, 2.45) is 0 Å². The van der Waals surface area contributed by atoms with Crippen molar-refractivity contribution >= 4 is 46.7 Å². The third kappa shape index (κ3) is 9.34. The Morgan fingerprint density at radius 1 is 0.920 bits per heavy atom. The molecule has 0 amide bonds. The molecule has 0 heterocycles. The fraction of sp³-hybridized carbons (Fsp3) is 0.556.